The van der Waals surface area contributed by atoms with E-state index in [1.807, 2.05) is 120 Å². The number of hydrogen-bond acceptors (Lipinski definition) is 9. The Balaban J connectivity index is 0.000000141. The molecule has 8 aromatic heterocycles. The Morgan fingerprint density at radius 2 is 0.491 bits per heavy atom. The number of thiophene rings is 2. The zero-order chi connectivity index (χ0) is 74.0. The summed E-state index contributed by atoms with van der Waals surface area (Å²) in [6.07, 6.45) is 0. The molecule has 0 aliphatic rings. The van der Waals surface area contributed by atoms with Gasteiger partial charge in [0.05, 0.1) is 54.2 Å². The Kier molecular flexibility index (Phi) is 16.4. The highest BCUT2D eigenvalue weighted by molar-refractivity contribution is 7.27. The molecule has 0 fully saturated rings. The molecular weight excluding hydrogens is 1400 g/mol. The van der Waals surface area contributed by atoms with Crippen molar-refractivity contribution in [3.63, 3.8) is 0 Å². The van der Waals surface area contributed by atoms with Crippen LogP contribution in [0.25, 0.3) is 208 Å². The molecule has 0 radical (unpaired) electrons. The van der Waals surface area contributed by atoms with Crippen LogP contribution in [-0.4, -0.2) is 44.0 Å². The number of benzene rings is 14. The first-order valence-corrected chi connectivity index (χ1v) is 39.1. The third-order valence-electron chi connectivity index (χ3n) is 21.1. The fourth-order valence-corrected chi connectivity index (χ4v) is 18.6. The lowest BCUT2D eigenvalue weighted by Gasteiger charge is -2.12. The molecule has 0 saturated carbocycles. The Morgan fingerprint density at radius 1 is 0.205 bits per heavy atom. The van der Waals surface area contributed by atoms with Crippen molar-refractivity contribution in [2.75, 3.05) is 0 Å². The zero-order valence-electron chi connectivity index (χ0n) is 60.2. The quantitative estimate of drug-likeness (QED) is 0.120. The average Bonchev–Trinajstić information content (AvgIpc) is 1.55. The van der Waals surface area contributed by atoms with Gasteiger partial charge in [0, 0.05) is 110 Å². The van der Waals surface area contributed by atoms with Crippen LogP contribution >= 0.6 is 22.7 Å². The predicted molar refractivity (Wildman–Crippen MR) is 466 cm³/mol. The zero-order valence-corrected chi connectivity index (χ0v) is 61.8. The minimum absolute atomic E-state index is 0.629. The van der Waals surface area contributed by atoms with E-state index in [1.54, 1.807) is 0 Å². The van der Waals surface area contributed by atoms with Crippen LogP contribution in [0.4, 0.5) is 0 Å². The van der Waals surface area contributed by atoms with Crippen LogP contribution in [0.3, 0.4) is 0 Å². The number of nitrogens with zero attached hydrogens (tertiary/aromatic N) is 9. The molecule has 0 aliphatic heterocycles. The van der Waals surface area contributed by atoms with Crippen molar-refractivity contribution in [1.29, 1.82) is 0 Å². The second-order valence-corrected chi connectivity index (χ2v) is 29.8. The van der Waals surface area contributed by atoms with Crippen molar-refractivity contribution in [3.8, 4) is 124 Å². The molecule has 112 heavy (non-hydrogen) atoms. The van der Waals surface area contributed by atoms with Gasteiger partial charge in [-0.25, -0.2) is 34.9 Å². The molecule has 0 atom stereocenters. The second-order valence-electron chi connectivity index (χ2n) is 27.8. The first-order chi connectivity index (χ1) is 55.6. The lowest BCUT2D eigenvalue weighted by Crippen LogP contribution is -2.00. The van der Waals surface area contributed by atoms with Crippen molar-refractivity contribution in [2.45, 2.75) is 0 Å². The van der Waals surface area contributed by atoms with Crippen molar-refractivity contribution < 1.29 is 0 Å². The molecule has 0 unspecified atom stereocenters. The first kappa shape index (κ1) is 65.8. The summed E-state index contributed by atoms with van der Waals surface area (Å²) in [6, 6.07) is 133. The topological polar surface area (TPSA) is 100 Å². The third kappa shape index (κ3) is 11.6. The Labute approximate surface area is 652 Å². The van der Waals surface area contributed by atoms with Gasteiger partial charge in [-0.15, -0.1) is 22.7 Å². The lowest BCUT2D eigenvalue weighted by molar-refractivity contribution is 1.07. The second kappa shape index (κ2) is 27.9. The number of hydrogen-bond donors (Lipinski definition) is 0. The maximum Gasteiger partial charge on any atom is 0.164 e. The van der Waals surface area contributed by atoms with Gasteiger partial charge in [0.15, 0.2) is 23.3 Å². The van der Waals surface area contributed by atoms with Crippen LogP contribution in [0.15, 0.2) is 382 Å². The van der Waals surface area contributed by atoms with E-state index in [0.29, 0.717) is 23.3 Å². The normalized spacial score (nSPS) is 11.6. The number of rotatable bonds is 12. The van der Waals surface area contributed by atoms with Gasteiger partial charge in [-0.3, -0.25) is 0 Å². The smallest absolute Gasteiger partial charge is 0.164 e. The van der Waals surface area contributed by atoms with Crippen LogP contribution < -0.4 is 0 Å². The van der Waals surface area contributed by atoms with Crippen LogP contribution in [0.5, 0.6) is 0 Å². The molecule has 0 saturated heterocycles. The molecule has 22 aromatic rings. The Morgan fingerprint density at radius 3 is 0.875 bits per heavy atom. The first-order valence-electron chi connectivity index (χ1n) is 37.4. The summed E-state index contributed by atoms with van der Waals surface area (Å²) in [5.74, 6) is 2.62. The summed E-state index contributed by atoms with van der Waals surface area (Å²) in [5, 5.41) is 9.80. The van der Waals surface area contributed by atoms with E-state index >= 15 is 0 Å². The van der Waals surface area contributed by atoms with Crippen molar-refractivity contribution in [1.82, 2.24) is 44.0 Å². The molecule has 22 rings (SSSR count). The third-order valence-corrected chi connectivity index (χ3v) is 23.5. The summed E-state index contributed by atoms with van der Waals surface area (Å²) in [4.78, 5) is 38.4. The van der Waals surface area contributed by atoms with Gasteiger partial charge in [0.2, 0.25) is 0 Å². The van der Waals surface area contributed by atoms with Crippen LogP contribution in [0.2, 0.25) is 0 Å². The van der Waals surface area contributed by atoms with Gasteiger partial charge in [-0.2, -0.15) is 0 Å². The monoisotopic (exact) mass is 1470 g/mol. The van der Waals surface area contributed by atoms with Gasteiger partial charge in [0.25, 0.3) is 0 Å². The minimum Gasteiger partial charge on any atom is -0.301 e. The van der Waals surface area contributed by atoms with E-state index in [9.17, 15) is 0 Å². The van der Waals surface area contributed by atoms with Crippen molar-refractivity contribution in [2.24, 2.45) is 0 Å². The van der Waals surface area contributed by atoms with Gasteiger partial charge in [-0.1, -0.05) is 340 Å². The summed E-state index contributed by atoms with van der Waals surface area (Å²) >= 11 is 3.66. The van der Waals surface area contributed by atoms with Crippen LogP contribution in [0.1, 0.15) is 0 Å². The fourth-order valence-electron chi connectivity index (χ4n) is 15.9. The summed E-state index contributed by atoms with van der Waals surface area (Å²) in [7, 11) is 0. The van der Waals surface area contributed by atoms with Crippen LogP contribution in [-0.2, 0) is 0 Å². The molecule has 0 aliphatic carbocycles. The maximum absolute atomic E-state index is 5.56. The Bertz CT molecular complexity index is 6740. The van der Waals surface area contributed by atoms with Gasteiger partial charge in [-0.05, 0) is 53.6 Å². The van der Waals surface area contributed by atoms with Crippen molar-refractivity contribution in [3.05, 3.63) is 382 Å². The number of pyridine rings is 2. The van der Waals surface area contributed by atoms with Crippen molar-refractivity contribution >= 4 is 107 Å². The molecule has 0 bridgehead atoms. The average molecular weight is 1470 g/mol. The molecule has 0 N–H and O–H groups in total. The standard InChI is InChI=1S/C51H32N4S.C50H31N5S/c1-5-16-34(17-6-1)42-32-43(53-50(52-42)37-20-9-3-10-21-37)35-30-28-33(29-31-35)39-25-15-26-41-45-46-40-24-13-14-27-44(40)55(38-22-11-4-12-23-38)51(46)56-49(45)47(54-48(39)41)36-18-7-2-8-19-36;1-5-16-33(17-6-1)44-46-42(43-39-24-13-14-27-41(39)55(50(43)56-46)37-22-11-4-12-23-37)40-26-15-25-38(45(40)51-44)32-28-30-36(31-29-32)49-53-47(34-18-7-2-8-19-34)52-48(54-49)35-20-9-3-10-21-35/h1-32H;1-31H. The van der Waals surface area contributed by atoms with E-state index in [0.717, 1.165) is 123 Å². The van der Waals surface area contributed by atoms with E-state index in [4.69, 9.17) is 34.9 Å². The number of fused-ring (bicyclic) bond motifs is 14. The highest BCUT2D eigenvalue weighted by Crippen LogP contribution is 2.51. The molecular formula is C101H63N9S2. The fraction of sp³-hybridized carbons (Fsp3) is 0. The largest absolute Gasteiger partial charge is 0.301 e. The van der Waals surface area contributed by atoms with Crippen LogP contribution in [0, 0.1) is 0 Å². The number of para-hydroxylation sites is 6. The molecule has 11 heteroatoms. The van der Waals surface area contributed by atoms with Gasteiger partial charge < -0.3 is 9.13 Å². The predicted octanol–water partition coefficient (Wildman–Crippen LogP) is 26.7. The molecule has 0 spiro atoms. The molecule has 0 amide bonds. The minimum atomic E-state index is 0.629. The number of aromatic nitrogens is 9. The molecule has 9 nitrogen and oxygen atoms in total. The molecule has 524 valence electrons. The van der Waals surface area contributed by atoms with Gasteiger partial charge >= 0.3 is 0 Å². The highest BCUT2D eigenvalue weighted by atomic mass is 32.1. The summed E-state index contributed by atoms with van der Waals surface area (Å²) < 4.78 is 7.21. The maximum atomic E-state index is 5.56. The SMILES string of the molecule is c1ccc(-c2cc(-c3ccc(-c4cccc5c4nc(-c4ccccc4)c4sc6c(c7ccccc7n6-c6ccccc6)c45)cc3)nc(-c3ccccc3)n2)cc1.c1ccc(-c2nc(-c3ccccc3)nc(-c3ccc(-c4cccc5c4nc(-c4ccccc4)c4sc6c(c7ccccc7n6-c6ccccc6)c45)cc3)n2)cc1. The summed E-state index contributed by atoms with van der Waals surface area (Å²) in [5.41, 5.74) is 22.9. The molecule has 8 heterocycles. The van der Waals surface area contributed by atoms with E-state index < -0.39 is 0 Å². The highest BCUT2D eigenvalue weighted by Gasteiger charge is 2.27. The van der Waals surface area contributed by atoms with E-state index in [-0.39, 0.29) is 0 Å². The molecule has 14 aromatic carbocycles. The van der Waals surface area contributed by atoms with E-state index in [2.05, 4.69) is 294 Å². The lowest BCUT2D eigenvalue weighted by atomic mass is 9.96. The summed E-state index contributed by atoms with van der Waals surface area (Å²) in [6.45, 7) is 0. The van der Waals surface area contributed by atoms with E-state index in [1.165, 1.54) is 62.4 Å². The Hall–Kier alpha value is -14.5. The van der Waals surface area contributed by atoms with Gasteiger partial charge in [0.1, 0.15) is 9.66 Å².